The number of fused-ring (bicyclic) bond motifs is 1. The van der Waals surface area contributed by atoms with Gasteiger partial charge in [0.25, 0.3) is 5.78 Å². The minimum absolute atomic E-state index is 0.0777. The van der Waals surface area contributed by atoms with Crippen LogP contribution in [0.1, 0.15) is 18.5 Å². The third kappa shape index (κ3) is 2.94. The zero-order valence-electron chi connectivity index (χ0n) is 13.9. The Bertz CT molecular complexity index is 741. The highest BCUT2D eigenvalue weighted by molar-refractivity contribution is 7.99. The molecule has 4 heterocycles. The lowest BCUT2D eigenvalue weighted by Crippen LogP contribution is -2.47. The molecule has 7 nitrogen and oxygen atoms in total. The fourth-order valence-electron chi connectivity index (χ4n) is 3.57. The van der Waals surface area contributed by atoms with Gasteiger partial charge in [-0.1, -0.05) is 0 Å². The summed E-state index contributed by atoms with van der Waals surface area (Å²) in [5.41, 5.74) is 0.923. The molecule has 0 radical (unpaired) electrons. The molecule has 1 atom stereocenters. The van der Waals surface area contributed by atoms with Crippen LogP contribution in [0, 0.1) is 12.8 Å². The molecule has 1 amide bonds. The van der Waals surface area contributed by atoms with Gasteiger partial charge in [-0.15, -0.1) is 0 Å². The second kappa shape index (κ2) is 6.58. The molecule has 2 fully saturated rings. The molecule has 2 aliphatic heterocycles. The van der Waals surface area contributed by atoms with Crippen LogP contribution >= 0.6 is 11.8 Å². The van der Waals surface area contributed by atoms with Crippen molar-refractivity contribution in [3.8, 4) is 0 Å². The smallest absolute Gasteiger partial charge is 0.254 e. The van der Waals surface area contributed by atoms with E-state index in [0.717, 1.165) is 62.0 Å². The SMILES string of the molecule is Cc1cc(N2CCCC(C(=O)N3CCSCC3)C2)n2ncnc2n1. The molecular formula is C16H22N6OS. The van der Waals surface area contributed by atoms with Crippen LogP contribution in [0.2, 0.25) is 0 Å². The van der Waals surface area contributed by atoms with Crippen molar-refractivity contribution in [2.24, 2.45) is 5.92 Å². The Balaban J connectivity index is 1.55. The van der Waals surface area contributed by atoms with Gasteiger partial charge < -0.3 is 9.80 Å². The van der Waals surface area contributed by atoms with Crippen LogP contribution in [0.15, 0.2) is 12.4 Å². The maximum atomic E-state index is 12.9. The molecule has 0 spiro atoms. The average molecular weight is 346 g/mol. The topological polar surface area (TPSA) is 66.6 Å². The van der Waals surface area contributed by atoms with Crippen molar-refractivity contribution >= 4 is 29.3 Å². The van der Waals surface area contributed by atoms with Crippen LogP contribution in [0.4, 0.5) is 5.82 Å². The Morgan fingerprint density at radius 2 is 2.12 bits per heavy atom. The van der Waals surface area contributed by atoms with Gasteiger partial charge in [0, 0.05) is 49.4 Å². The van der Waals surface area contributed by atoms with Crippen molar-refractivity contribution < 1.29 is 4.79 Å². The van der Waals surface area contributed by atoms with Crippen LogP contribution < -0.4 is 4.90 Å². The van der Waals surface area contributed by atoms with E-state index in [2.05, 4.69) is 20.0 Å². The number of carbonyl (C=O) groups is 1. The van der Waals surface area contributed by atoms with Gasteiger partial charge in [-0.25, -0.2) is 4.98 Å². The van der Waals surface area contributed by atoms with Crippen molar-refractivity contribution in [3.63, 3.8) is 0 Å². The Morgan fingerprint density at radius 3 is 2.96 bits per heavy atom. The fourth-order valence-corrected chi connectivity index (χ4v) is 4.47. The summed E-state index contributed by atoms with van der Waals surface area (Å²) in [5.74, 6) is 4.12. The summed E-state index contributed by atoms with van der Waals surface area (Å²) < 4.78 is 1.78. The molecule has 4 rings (SSSR count). The normalized spacial score (nSPS) is 22.1. The Labute approximate surface area is 145 Å². The first kappa shape index (κ1) is 15.7. The molecule has 0 aromatic carbocycles. The van der Waals surface area contributed by atoms with E-state index in [9.17, 15) is 4.79 Å². The van der Waals surface area contributed by atoms with Gasteiger partial charge in [0.15, 0.2) is 0 Å². The first-order chi connectivity index (χ1) is 11.7. The van der Waals surface area contributed by atoms with E-state index in [1.807, 2.05) is 29.7 Å². The van der Waals surface area contributed by atoms with E-state index in [1.165, 1.54) is 6.33 Å². The minimum atomic E-state index is 0.0777. The van der Waals surface area contributed by atoms with Crippen molar-refractivity contribution in [1.82, 2.24) is 24.5 Å². The average Bonchev–Trinajstić information content (AvgIpc) is 3.09. The zero-order chi connectivity index (χ0) is 16.5. The number of carbonyl (C=O) groups excluding carboxylic acids is 1. The highest BCUT2D eigenvalue weighted by Gasteiger charge is 2.31. The van der Waals surface area contributed by atoms with Gasteiger partial charge >= 0.3 is 0 Å². The molecule has 0 aliphatic carbocycles. The molecule has 0 saturated carbocycles. The van der Waals surface area contributed by atoms with Crippen molar-refractivity contribution in [1.29, 1.82) is 0 Å². The third-order valence-electron chi connectivity index (χ3n) is 4.78. The first-order valence-corrected chi connectivity index (χ1v) is 9.67. The number of piperidine rings is 1. The number of rotatable bonds is 2. The maximum Gasteiger partial charge on any atom is 0.254 e. The monoisotopic (exact) mass is 346 g/mol. The van der Waals surface area contributed by atoms with E-state index < -0.39 is 0 Å². The van der Waals surface area contributed by atoms with E-state index in [4.69, 9.17) is 0 Å². The lowest BCUT2D eigenvalue weighted by atomic mass is 9.96. The molecule has 0 N–H and O–H groups in total. The van der Waals surface area contributed by atoms with Gasteiger partial charge in [-0.2, -0.15) is 26.4 Å². The van der Waals surface area contributed by atoms with Gasteiger partial charge in [0.1, 0.15) is 12.1 Å². The molecule has 2 saturated heterocycles. The van der Waals surface area contributed by atoms with Crippen LogP contribution in [-0.4, -0.2) is 68.1 Å². The summed E-state index contributed by atoms with van der Waals surface area (Å²) in [4.78, 5) is 25.8. The highest BCUT2D eigenvalue weighted by Crippen LogP contribution is 2.25. The van der Waals surface area contributed by atoms with E-state index in [0.29, 0.717) is 11.7 Å². The van der Waals surface area contributed by atoms with Crippen LogP contribution in [-0.2, 0) is 4.79 Å². The molecule has 2 aromatic heterocycles. The highest BCUT2D eigenvalue weighted by atomic mass is 32.2. The van der Waals surface area contributed by atoms with Crippen LogP contribution in [0.3, 0.4) is 0 Å². The van der Waals surface area contributed by atoms with Crippen molar-refractivity contribution in [3.05, 3.63) is 18.1 Å². The molecule has 8 heteroatoms. The van der Waals surface area contributed by atoms with Crippen LogP contribution in [0.25, 0.3) is 5.78 Å². The standard InChI is InChI=1S/C16H22N6OS/c1-12-9-14(22-16(19-12)17-11-18-22)21-4-2-3-13(10-21)15(23)20-5-7-24-8-6-20/h9,11,13H,2-8,10H2,1H3. The molecule has 24 heavy (non-hydrogen) atoms. The summed E-state index contributed by atoms with van der Waals surface area (Å²) in [6, 6.07) is 2.03. The number of nitrogens with zero attached hydrogens (tertiary/aromatic N) is 6. The van der Waals surface area contributed by atoms with Gasteiger partial charge in [-0.3, -0.25) is 4.79 Å². The number of hydrogen-bond acceptors (Lipinski definition) is 6. The number of anilines is 1. The van der Waals surface area contributed by atoms with Gasteiger partial charge in [0.2, 0.25) is 5.91 Å². The number of thioether (sulfide) groups is 1. The number of aromatic nitrogens is 4. The number of aryl methyl sites for hydroxylation is 1. The van der Waals surface area contributed by atoms with Crippen molar-refractivity contribution in [2.45, 2.75) is 19.8 Å². The molecule has 2 aromatic rings. The summed E-state index contributed by atoms with van der Waals surface area (Å²) >= 11 is 1.93. The molecule has 128 valence electrons. The maximum absolute atomic E-state index is 12.9. The van der Waals surface area contributed by atoms with E-state index >= 15 is 0 Å². The first-order valence-electron chi connectivity index (χ1n) is 8.51. The van der Waals surface area contributed by atoms with Gasteiger partial charge in [0.05, 0.1) is 5.92 Å². The summed E-state index contributed by atoms with van der Waals surface area (Å²) in [7, 11) is 0. The second-order valence-electron chi connectivity index (χ2n) is 6.45. The summed E-state index contributed by atoms with van der Waals surface area (Å²) in [5, 5.41) is 4.30. The van der Waals surface area contributed by atoms with Crippen LogP contribution in [0.5, 0.6) is 0 Å². The fraction of sp³-hybridized carbons (Fsp3) is 0.625. The lowest BCUT2D eigenvalue weighted by molar-refractivity contribution is -0.135. The third-order valence-corrected chi connectivity index (χ3v) is 5.72. The second-order valence-corrected chi connectivity index (χ2v) is 7.68. The number of hydrogen-bond donors (Lipinski definition) is 0. The van der Waals surface area contributed by atoms with Gasteiger partial charge in [-0.05, 0) is 19.8 Å². The predicted molar refractivity (Wildman–Crippen MR) is 94.4 cm³/mol. The summed E-state index contributed by atoms with van der Waals surface area (Å²) in [6.07, 6.45) is 3.53. The molecule has 2 aliphatic rings. The lowest BCUT2D eigenvalue weighted by Gasteiger charge is -2.37. The Kier molecular flexibility index (Phi) is 4.30. The minimum Gasteiger partial charge on any atom is -0.356 e. The Morgan fingerprint density at radius 1 is 1.29 bits per heavy atom. The largest absolute Gasteiger partial charge is 0.356 e. The molecular weight excluding hydrogens is 324 g/mol. The number of amides is 1. The molecule has 1 unspecified atom stereocenters. The quantitative estimate of drug-likeness (QED) is 0.815. The molecule has 0 bridgehead atoms. The Hall–Kier alpha value is -1.83. The zero-order valence-corrected chi connectivity index (χ0v) is 14.7. The summed E-state index contributed by atoms with van der Waals surface area (Å²) in [6.45, 7) is 5.44. The van der Waals surface area contributed by atoms with Crippen molar-refractivity contribution in [2.75, 3.05) is 42.6 Å². The predicted octanol–water partition coefficient (Wildman–Crippen LogP) is 1.22. The van der Waals surface area contributed by atoms with E-state index in [-0.39, 0.29) is 5.92 Å². The van der Waals surface area contributed by atoms with E-state index in [1.54, 1.807) is 4.52 Å².